The van der Waals surface area contributed by atoms with Gasteiger partial charge in [-0.3, -0.25) is 0 Å². The van der Waals surface area contributed by atoms with E-state index in [0.717, 1.165) is 0 Å². The third-order valence-electron chi connectivity index (χ3n) is 4.07. The number of hydrogen-bond donors (Lipinski definition) is 0. The number of halogens is 24. The van der Waals surface area contributed by atoms with Gasteiger partial charge in [-0.15, -0.1) is 0 Å². The molecular weight excluding hydrogens is 651 g/mol. The van der Waals surface area contributed by atoms with Crippen molar-refractivity contribution in [3.63, 3.8) is 0 Å². The van der Waals surface area contributed by atoms with Gasteiger partial charge in [-0.05, 0) is 0 Å². The molecule has 0 bridgehead atoms. The van der Waals surface area contributed by atoms with Gasteiger partial charge in [0.05, 0.1) is 0 Å². The summed E-state index contributed by atoms with van der Waals surface area (Å²) >= 11 is -12.6. The van der Waals surface area contributed by atoms with E-state index >= 15 is 0 Å². The zero-order valence-corrected chi connectivity index (χ0v) is 16.7. The van der Waals surface area contributed by atoms with E-state index in [0.29, 0.717) is 0 Å². The Bertz CT molecular complexity index is 734. The summed E-state index contributed by atoms with van der Waals surface area (Å²) in [6.45, 7) is 0. The summed E-state index contributed by atoms with van der Waals surface area (Å²) in [7, 11) is 0. The monoisotopic (exact) mass is 652 g/mol. The van der Waals surface area contributed by atoms with Gasteiger partial charge < -0.3 is 0 Å². The second-order valence-corrected chi connectivity index (χ2v) is 11.5. The molecule has 0 radical (unpaired) electrons. The molecule has 0 rings (SSSR count). The maximum absolute atomic E-state index is 13.8. The van der Waals surface area contributed by atoms with Gasteiger partial charge in [0.2, 0.25) is 0 Å². The van der Waals surface area contributed by atoms with Crippen molar-refractivity contribution < 1.29 is 104 Å². The Labute approximate surface area is 176 Å². The molecule has 0 nitrogen and oxygen atoms in total. The Morgan fingerprint density at radius 3 is 0.714 bits per heavy atom. The van der Waals surface area contributed by atoms with Crippen molar-refractivity contribution in [2.75, 3.05) is 0 Å². The first-order valence-electron chi connectivity index (χ1n) is 7.04. The molecule has 35 heavy (non-hydrogen) atoms. The van der Waals surface area contributed by atoms with Gasteiger partial charge in [-0.25, -0.2) is 0 Å². The molecule has 0 atom stereocenters. The summed E-state index contributed by atoms with van der Waals surface area (Å²) in [5.41, 5.74) is 0. The molecule has 0 fully saturated rings. The summed E-state index contributed by atoms with van der Waals surface area (Å²) in [4.78, 5) is 0. The third-order valence-corrected chi connectivity index (χ3v) is 10.1. The Kier molecular flexibility index (Phi) is 7.68. The molecule has 0 aliphatic rings. The second kappa shape index (κ2) is 7.94. The minimum atomic E-state index is -12.6. The quantitative estimate of drug-likeness (QED) is 0.203. The zero-order valence-electron chi connectivity index (χ0n) is 14.6. The van der Waals surface area contributed by atoms with Crippen molar-refractivity contribution in [3.8, 4) is 0 Å². The van der Waals surface area contributed by atoms with Crippen LogP contribution in [0.25, 0.3) is 0 Å². The maximum atomic E-state index is 13.8. The van der Waals surface area contributed by atoms with Crippen molar-refractivity contribution >= 4 is 14.5 Å². The van der Waals surface area contributed by atoms with Crippen LogP contribution in [0, 0.1) is 0 Å². The summed E-state index contributed by atoms with van der Waals surface area (Å²) < 4.78 is 289. The van der Waals surface area contributed by atoms with Crippen LogP contribution in [0.15, 0.2) is 0 Å². The second-order valence-electron chi connectivity index (χ2n) is 6.19. The van der Waals surface area contributed by atoms with Crippen molar-refractivity contribution in [2.24, 2.45) is 0 Å². The summed E-state index contributed by atoms with van der Waals surface area (Å²) in [5, 5.41) is 0. The Morgan fingerprint density at radius 2 is 0.514 bits per heavy atom. The molecule has 0 saturated carbocycles. The number of hydrogen-bond acceptors (Lipinski definition) is 0. The first-order valence-corrected chi connectivity index (χ1v) is 10.7. The van der Waals surface area contributed by atoms with Crippen LogP contribution < -0.4 is 0 Å². The molecular formula is C10HAsF24. The molecule has 0 N–H and O–H groups in total. The minimum absolute atomic E-state index is 8.15. The van der Waals surface area contributed by atoms with Gasteiger partial charge in [0, 0.05) is 0 Å². The molecule has 214 valence electrons. The third kappa shape index (κ3) is 3.97. The van der Waals surface area contributed by atoms with Crippen molar-refractivity contribution in [2.45, 2.75) is 57.3 Å². The predicted molar refractivity (Wildman–Crippen MR) is 61.0 cm³/mol. The average Bonchev–Trinajstić information content (AvgIpc) is 2.48. The first kappa shape index (κ1) is 33.9. The van der Waals surface area contributed by atoms with E-state index in [9.17, 15) is 104 Å². The van der Waals surface area contributed by atoms with Crippen LogP contribution in [-0.2, 0) is 0 Å². The zero-order chi connectivity index (χ0) is 29.5. The number of rotatable bonds is 6. The summed E-state index contributed by atoms with van der Waals surface area (Å²) in [6.07, 6.45) is -34.8. The average molecular weight is 652 g/mol. The fraction of sp³-hybridized carbons (Fsp3) is 1.00. The SMILES string of the molecule is FC(F)(F)C(F)(F)C(F)(F)C(F)(F)C(F)(F)C(F)(F)[AsH](F)(F)C(C(F)(F)F)(C(F)(F)F)C(F)(F)F. The van der Waals surface area contributed by atoms with Crippen LogP contribution in [0.3, 0.4) is 0 Å². The normalized spacial score (nSPS) is 17.6. The molecule has 25 heteroatoms. The molecule has 0 aliphatic heterocycles. The fourth-order valence-corrected chi connectivity index (χ4v) is 6.60. The molecule has 0 heterocycles. The molecule has 0 amide bonds. The van der Waals surface area contributed by atoms with Crippen molar-refractivity contribution in [3.05, 3.63) is 0 Å². The summed E-state index contributed by atoms with van der Waals surface area (Å²) in [6, 6.07) is 0. The molecule has 0 aromatic heterocycles. The Balaban J connectivity index is 7.67. The van der Waals surface area contributed by atoms with Gasteiger partial charge >= 0.3 is 175 Å². The van der Waals surface area contributed by atoms with E-state index in [2.05, 4.69) is 0 Å². The van der Waals surface area contributed by atoms with Crippen LogP contribution in [0.4, 0.5) is 104 Å². The van der Waals surface area contributed by atoms with Crippen LogP contribution in [0.1, 0.15) is 0 Å². The molecule has 0 unspecified atom stereocenters. The van der Waals surface area contributed by atoms with Gasteiger partial charge in [0.15, 0.2) is 0 Å². The molecule has 0 aromatic carbocycles. The van der Waals surface area contributed by atoms with E-state index in [1.54, 1.807) is 0 Å². The van der Waals surface area contributed by atoms with Crippen molar-refractivity contribution in [1.82, 2.24) is 0 Å². The van der Waals surface area contributed by atoms with E-state index in [1.807, 2.05) is 0 Å². The van der Waals surface area contributed by atoms with E-state index in [4.69, 9.17) is 0 Å². The fourth-order valence-electron chi connectivity index (χ4n) is 2.22. The van der Waals surface area contributed by atoms with Crippen LogP contribution in [-0.4, -0.2) is 67.6 Å². The van der Waals surface area contributed by atoms with E-state index < -0.39 is 71.8 Å². The first-order chi connectivity index (χ1) is 14.5. The predicted octanol–water partition coefficient (Wildman–Crippen LogP) is 7.81. The molecule has 0 spiro atoms. The van der Waals surface area contributed by atoms with Crippen LogP contribution in [0.5, 0.6) is 0 Å². The van der Waals surface area contributed by atoms with Gasteiger partial charge in [-0.2, -0.15) is 0 Å². The molecule has 0 aliphatic carbocycles. The summed E-state index contributed by atoms with van der Waals surface area (Å²) in [5.74, 6) is -36.6. The molecule has 0 aromatic rings. The number of alkyl halides is 22. The van der Waals surface area contributed by atoms with Gasteiger partial charge in [0.25, 0.3) is 0 Å². The standard InChI is InChI=1S/C10HAsF24/c12-2(13,3(14,15)5(18,19)10(31,32)33)4(16,17)6(20,21)11(34,35)1(7(22,23)24,8(25,26)27)9(28,29)30/h11H. The topological polar surface area (TPSA) is 0 Å². The Hall–Kier alpha value is -1.12. The van der Waals surface area contributed by atoms with Gasteiger partial charge in [-0.1, -0.05) is 0 Å². The van der Waals surface area contributed by atoms with E-state index in [1.165, 1.54) is 0 Å². The molecule has 0 saturated heterocycles. The van der Waals surface area contributed by atoms with E-state index in [-0.39, 0.29) is 0 Å². The van der Waals surface area contributed by atoms with Crippen LogP contribution in [0.2, 0.25) is 4.20 Å². The van der Waals surface area contributed by atoms with Gasteiger partial charge in [0.1, 0.15) is 0 Å². The van der Waals surface area contributed by atoms with Crippen molar-refractivity contribution in [1.29, 1.82) is 0 Å². The van der Waals surface area contributed by atoms with Crippen LogP contribution >= 0.6 is 0 Å². The Morgan fingerprint density at radius 1 is 0.286 bits per heavy atom.